The van der Waals surface area contributed by atoms with Crippen LogP contribution < -0.4 is 5.32 Å². The summed E-state index contributed by atoms with van der Waals surface area (Å²) in [5, 5.41) is 3.80. The molecule has 0 amide bonds. The second-order valence-corrected chi connectivity index (χ2v) is 6.77. The topological polar surface area (TPSA) is 12.0 Å². The van der Waals surface area contributed by atoms with Gasteiger partial charge < -0.3 is 5.32 Å². The van der Waals surface area contributed by atoms with Crippen molar-refractivity contribution in [1.29, 1.82) is 0 Å². The summed E-state index contributed by atoms with van der Waals surface area (Å²) in [5.41, 5.74) is 2.08. The second-order valence-electron chi connectivity index (χ2n) is 5.20. The summed E-state index contributed by atoms with van der Waals surface area (Å²) >= 11 is 7.99. The molecule has 1 nitrogen and oxygen atoms in total. The van der Waals surface area contributed by atoms with Crippen molar-refractivity contribution in [1.82, 2.24) is 5.32 Å². The van der Waals surface area contributed by atoms with Crippen molar-refractivity contribution < 1.29 is 4.39 Å². The van der Waals surface area contributed by atoms with Gasteiger partial charge in [0.2, 0.25) is 0 Å². The third-order valence-electron chi connectivity index (χ3n) is 3.93. The predicted molar refractivity (Wildman–Crippen MR) is 83.3 cm³/mol. The lowest BCUT2D eigenvalue weighted by Gasteiger charge is -2.16. The van der Waals surface area contributed by atoms with Crippen molar-refractivity contribution in [3.05, 3.63) is 56.0 Å². The lowest BCUT2D eigenvalue weighted by Crippen LogP contribution is -2.18. The molecule has 0 saturated heterocycles. The van der Waals surface area contributed by atoms with Crippen LogP contribution in [0.4, 0.5) is 4.39 Å². The van der Waals surface area contributed by atoms with E-state index in [1.54, 1.807) is 12.1 Å². The van der Waals surface area contributed by atoms with Crippen molar-refractivity contribution >= 4 is 22.9 Å². The smallest absolute Gasteiger partial charge is 0.127 e. The van der Waals surface area contributed by atoms with Crippen LogP contribution in [0, 0.1) is 5.82 Å². The van der Waals surface area contributed by atoms with Gasteiger partial charge in [0, 0.05) is 26.4 Å². The number of nitrogens with one attached hydrogen (secondary N) is 1. The molecule has 2 aromatic rings. The fraction of sp³-hybridized carbons (Fsp3) is 0.375. The van der Waals surface area contributed by atoms with Crippen molar-refractivity contribution in [2.24, 2.45) is 0 Å². The molecule has 1 aliphatic carbocycles. The molecule has 3 rings (SSSR count). The van der Waals surface area contributed by atoms with Crippen LogP contribution in [0.1, 0.15) is 33.3 Å². The van der Waals surface area contributed by atoms with Crippen molar-refractivity contribution in [3.63, 3.8) is 0 Å². The van der Waals surface area contributed by atoms with Gasteiger partial charge in [-0.15, -0.1) is 11.3 Å². The number of likely N-dealkylation sites (N-methyl/N-ethyl adjacent to an activating group) is 1. The normalized spacial score (nSPS) is 15.3. The van der Waals surface area contributed by atoms with Gasteiger partial charge >= 0.3 is 0 Å². The summed E-state index contributed by atoms with van der Waals surface area (Å²) in [6.07, 6.45) is 4.23. The Morgan fingerprint density at radius 2 is 2.25 bits per heavy atom. The summed E-state index contributed by atoms with van der Waals surface area (Å²) in [5.74, 6) is -0.221. The Kier molecular flexibility index (Phi) is 4.11. The summed E-state index contributed by atoms with van der Waals surface area (Å²) < 4.78 is 13.9. The molecule has 106 valence electrons. The van der Waals surface area contributed by atoms with E-state index in [1.165, 1.54) is 40.6 Å². The van der Waals surface area contributed by atoms with Crippen molar-refractivity contribution in [3.8, 4) is 0 Å². The van der Waals surface area contributed by atoms with Crippen molar-refractivity contribution in [2.45, 2.75) is 31.7 Å². The highest BCUT2D eigenvalue weighted by Crippen LogP contribution is 2.35. The highest BCUT2D eigenvalue weighted by Gasteiger charge is 2.21. The maximum absolute atomic E-state index is 13.9. The highest BCUT2D eigenvalue weighted by molar-refractivity contribution is 7.12. The molecule has 0 fully saturated rings. The molecule has 1 atom stereocenters. The molecule has 0 radical (unpaired) electrons. The SMILES string of the molecule is CNC(Cc1c(F)cccc1Cl)c1cc2c(s1)CCC2. The molecule has 1 unspecified atom stereocenters. The molecule has 1 aromatic carbocycles. The summed E-state index contributed by atoms with van der Waals surface area (Å²) in [4.78, 5) is 2.79. The second kappa shape index (κ2) is 5.84. The Labute approximate surface area is 127 Å². The molecule has 4 heteroatoms. The quantitative estimate of drug-likeness (QED) is 0.875. The van der Waals surface area contributed by atoms with Gasteiger partial charge in [0.15, 0.2) is 0 Å². The minimum absolute atomic E-state index is 0.125. The molecule has 0 aliphatic heterocycles. The third-order valence-corrected chi connectivity index (χ3v) is 5.63. The fourth-order valence-electron chi connectivity index (χ4n) is 2.80. The van der Waals surface area contributed by atoms with E-state index in [0.717, 1.165) is 0 Å². The largest absolute Gasteiger partial charge is 0.312 e. The number of halogens is 2. The van der Waals surface area contributed by atoms with E-state index in [9.17, 15) is 4.39 Å². The molecule has 0 spiro atoms. The highest BCUT2D eigenvalue weighted by atomic mass is 35.5. The first-order chi connectivity index (χ1) is 9.69. The number of benzene rings is 1. The zero-order chi connectivity index (χ0) is 14.1. The van der Waals surface area contributed by atoms with Crippen LogP contribution in [0.5, 0.6) is 0 Å². The number of hydrogen-bond donors (Lipinski definition) is 1. The predicted octanol–water partition coefficient (Wildman–Crippen LogP) is 4.53. The van der Waals surface area contributed by atoms with E-state index >= 15 is 0 Å². The number of thiophene rings is 1. The molecule has 1 aliphatic rings. The van der Waals surface area contributed by atoms with Crippen LogP contribution in [0.15, 0.2) is 24.3 Å². The Bertz CT molecular complexity index is 581. The fourth-order valence-corrected chi connectivity index (χ4v) is 4.41. The van der Waals surface area contributed by atoms with E-state index < -0.39 is 0 Å². The molecule has 1 N–H and O–H groups in total. The van der Waals surface area contributed by atoms with Crippen LogP contribution in [0.2, 0.25) is 5.02 Å². The Hall–Kier alpha value is -0.900. The van der Waals surface area contributed by atoms with Crippen LogP contribution in [0.25, 0.3) is 0 Å². The van der Waals surface area contributed by atoms with Gasteiger partial charge in [-0.3, -0.25) is 0 Å². The van der Waals surface area contributed by atoms with Crippen LogP contribution >= 0.6 is 22.9 Å². The first-order valence-electron chi connectivity index (χ1n) is 6.90. The van der Waals surface area contributed by atoms with E-state index in [-0.39, 0.29) is 11.9 Å². The molecular weight excluding hydrogens is 293 g/mol. The van der Waals surface area contributed by atoms with Gasteiger partial charge in [0.05, 0.1) is 0 Å². The molecule has 1 aromatic heterocycles. The standard InChI is InChI=1S/C16H17ClFNS/c1-19-14(9-11-12(17)5-3-6-13(11)18)16-8-10-4-2-7-15(10)20-16/h3,5-6,8,14,19H,2,4,7,9H2,1H3. The monoisotopic (exact) mass is 309 g/mol. The van der Waals surface area contributed by atoms with Crippen molar-refractivity contribution in [2.75, 3.05) is 7.05 Å². The number of rotatable bonds is 4. The van der Waals surface area contributed by atoms with Gasteiger partial charge in [-0.2, -0.15) is 0 Å². The van der Waals surface area contributed by atoms with Gasteiger partial charge in [0.25, 0.3) is 0 Å². The molecule has 0 saturated carbocycles. The van der Waals surface area contributed by atoms with Gasteiger partial charge in [-0.25, -0.2) is 4.39 Å². The number of fused-ring (bicyclic) bond motifs is 1. The molecule has 1 heterocycles. The first kappa shape index (κ1) is 14.1. The lowest BCUT2D eigenvalue weighted by atomic mass is 10.0. The van der Waals surface area contributed by atoms with E-state index in [0.29, 0.717) is 17.0 Å². The van der Waals surface area contributed by atoms with Crippen LogP contribution in [0.3, 0.4) is 0 Å². The summed E-state index contributed by atoms with van der Waals surface area (Å²) in [6, 6.07) is 7.28. The average molecular weight is 310 g/mol. The van der Waals surface area contributed by atoms with E-state index in [1.807, 2.05) is 18.4 Å². The molecule has 20 heavy (non-hydrogen) atoms. The minimum atomic E-state index is -0.221. The average Bonchev–Trinajstić information content (AvgIpc) is 2.99. The van der Waals surface area contributed by atoms with E-state index in [4.69, 9.17) is 11.6 Å². The third kappa shape index (κ3) is 2.62. The van der Waals surface area contributed by atoms with Gasteiger partial charge in [0.1, 0.15) is 5.82 Å². The Morgan fingerprint density at radius 3 is 2.95 bits per heavy atom. The summed E-state index contributed by atoms with van der Waals surface area (Å²) in [6.45, 7) is 0. The number of hydrogen-bond acceptors (Lipinski definition) is 2. The molecule has 0 bridgehead atoms. The molecular formula is C16H17ClFNS. The van der Waals surface area contributed by atoms with Gasteiger partial charge in [-0.1, -0.05) is 17.7 Å². The zero-order valence-electron chi connectivity index (χ0n) is 11.4. The zero-order valence-corrected chi connectivity index (χ0v) is 13.0. The number of aryl methyl sites for hydroxylation is 2. The maximum atomic E-state index is 13.9. The van der Waals surface area contributed by atoms with Gasteiger partial charge in [-0.05, 0) is 56.5 Å². The van der Waals surface area contributed by atoms with Crippen LogP contribution in [-0.4, -0.2) is 7.05 Å². The Morgan fingerprint density at radius 1 is 1.40 bits per heavy atom. The minimum Gasteiger partial charge on any atom is -0.312 e. The van der Waals surface area contributed by atoms with E-state index in [2.05, 4.69) is 11.4 Å². The maximum Gasteiger partial charge on any atom is 0.127 e. The summed E-state index contributed by atoms with van der Waals surface area (Å²) in [7, 11) is 1.92. The Balaban J connectivity index is 1.86. The van der Waals surface area contributed by atoms with Crippen LogP contribution in [-0.2, 0) is 19.3 Å². The first-order valence-corrected chi connectivity index (χ1v) is 8.10. The lowest BCUT2D eigenvalue weighted by molar-refractivity contribution is 0.560.